The van der Waals surface area contributed by atoms with Crippen molar-refractivity contribution in [3.63, 3.8) is 0 Å². The molecule has 0 heterocycles. The molecule has 7 heteroatoms. The Labute approximate surface area is 101 Å². The Morgan fingerprint density at radius 2 is 2.12 bits per heavy atom. The van der Waals surface area contributed by atoms with Crippen LogP contribution in [-0.2, 0) is 10.0 Å². The van der Waals surface area contributed by atoms with Gasteiger partial charge in [-0.15, -0.1) is 12.4 Å². The van der Waals surface area contributed by atoms with Crippen LogP contribution in [0.5, 0.6) is 0 Å². The van der Waals surface area contributed by atoms with Crippen LogP contribution in [0, 0.1) is 0 Å². The number of sulfonamides is 1. The lowest BCUT2D eigenvalue weighted by Gasteiger charge is -2.10. The summed E-state index contributed by atoms with van der Waals surface area (Å²) in [5.74, 6) is 0. The van der Waals surface area contributed by atoms with Gasteiger partial charge in [0, 0.05) is 12.2 Å². The first-order chi connectivity index (χ1) is 6.92. The molecule has 0 saturated carbocycles. The van der Waals surface area contributed by atoms with E-state index in [0.29, 0.717) is 11.3 Å². The van der Waals surface area contributed by atoms with Crippen LogP contribution in [0.2, 0.25) is 0 Å². The van der Waals surface area contributed by atoms with Crippen molar-refractivity contribution < 1.29 is 13.5 Å². The summed E-state index contributed by atoms with van der Waals surface area (Å²) in [5, 5.41) is 9.45. The maximum absolute atomic E-state index is 11.0. The largest absolute Gasteiger partial charge is 0.387 e. The van der Waals surface area contributed by atoms with Gasteiger partial charge in [0.1, 0.15) is 0 Å². The van der Waals surface area contributed by atoms with E-state index in [2.05, 4.69) is 4.72 Å². The monoisotopic (exact) mass is 266 g/mol. The van der Waals surface area contributed by atoms with Crippen molar-refractivity contribution >= 4 is 28.1 Å². The Bertz CT molecular complexity index is 436. The van der Waals surface area contributed by atoms with Crippen LogP contribution >= 0.6 is 12.4 Å². The molecule has 1 rings (SSSR count). The van der Waals surface area contributed by atoms with Gasteiger partial charge in [-0.05, 0) is 17.7 Å². The van der Waals surface area contributed by atoms with Crippen molar-refractivity contribution in [2.45, 2.75) is 6.10 Å². The Balaban J connectivity index is 0.00000225. The fourth-order valence-electron chi connectivity index (χ4n) is 1.16. The highest BCUT2D eigenvalue weighted by atomic mass is 35.5. The number of rotatable bonds is 4. The topological polar surface area (TPSA) is 92.4 Å². The number of aliphatic hydroxyl groups is 1. The van der Waals surface area contributed by atoms with Crippen molar-refractivity contribution in [3.05, 3.63) is 29.8 Å². The minimum Gasteiger partial charge on any atom is -0.387 e. The summed E-state index contributed by atoms with van der Waals surface area (Å²) >= 11 is 0. The highest BCUT2D eigenvalue weighted by Gasteiger charge is 2.07. The first-order valence-corrected chi connectivity index (χ1v) is 6.27. The third-order valence-electron chi connectivity index (χ3n) is 1.80. The third kappa shape index (κ3) is 4.80. The number of benzene rings is 1. The van der Waals surface area contributed by atoms with E-state index in [1.807, 2.05) is 0 Å². The van der Waals surface area contributed by atoms with Gasteiger partial charge in [0.05, 0.1) is 12.4 Å². The van der Waals surface area contributed by atoms with Gasteiger partial charge in [-0.1, -0.05) is 12.1 Å². The molecule has 4 N–H and O–H groups in total. The van der Waals surface area contributed by atoms with E-state index in [0.717, 1.165) is 6.26 Å². The van der Waals surface area contributed by atoms with E-state index in [9.17, 15) is 13.5 Å². The zero-order valence-electron chi connectivity index (χ0n) is 8.75. The maximum Gasteiger partial charge on any atom is 0.229 e. The second kappa shape index (κ2) is 6.05. The van der Waals surface area contributed by atoms with E-state index in [4.69, 9.17) is 5.73 Å². The van der Waals surface area contributed by atoms with E-state index in [-0.39, 0.29) is 19.0 Å². The van der Waals surface area contributed by atoms with Gasteiger partial charge in [-0.3, -0.25) is 4.72 Å². The van der Waals surface area contributed by atoms with Crippen molar-refractivity contribution in [2.24, 2.45) is 5.73 Å². The molecule has 0 aliphatic carbocycles. The SMILES string of the molecule is CS(=O)(=O)Nc1cccc([C@@H](O)CN)c1.Cl. The average Bonchev–Trinajstić information content (AvgIpc) is 2.14. The van der Waals surface area contributed by atoms with E-state index < -0.39 is 16.1 Å². The Hall–Kier alpha value is -0.820. The molecule has 0 aromatic heterocycles. The van der Waals surface area contributed by atoms with Gasteiger partial charge in [-0.25, -0.2) is 8.42 Å². The highest BCUT2D eigenvalue weighted by molar-refractivity contribution is 7.92. The van der Waals surface area contributed by atoms with Gasteiger partial charge in [0.25, 0.3) is 0 Å². The third-order valence-corrected chi connectivity index (χ3v) is 2.40. The summed E-state index contributed by atoms with van der Waals surface area (Å²) in [6.07, 6.45) is 0.297. The standard InChI is InChI=1S/C9H14N2O3S.ClH/c1-15(13,14)11-8-4-2-3-7(5-8)9(12)6-10;/h2-5,9,11-12H,6,10H2,1H3;1H/t9-;/m0./s1. The molecule has 0 bridgehead atoms. The van der Waals surface area contributed by atoms with Crippen LogP contribution in [0.3, 0.4) is 0 Å². The molecule has 0 aliphatic rings. The van der Waals surface area contributed by atoms with Crippen molar-refractivity contribution in [1.29, 1.82) is 0 Å². The minimum absolute atomic E-state index is 0. The number of aliphatic hydroxyl groups excluding tert-OH is 1. The van der Waals surface area contributed by atoms with Crippen LogP contribution in [0.4, 0.5) is 5.69 Å². The molecule has 16 heavy (non-hydrogen) atoms. The number of hydrogen-bond acceptors (Lipinski definition) is 4. The Morgan fingerprint density at radius 1 is 1.50 bits per heavy atom. The molecule has 92 valence electrons. The van der Waals surface area contributed by atoms with Crippen LogP contribution < -0.4 is 10.5 Å². The van der Waals surface area contributed by atoms with Gasteiger partial charge in [0.2, 0.25) is 10.0 Å². The van der Waals surface area contributed by atoms with Gasteiger partial charge in [-0.2, -0.15) is 0 Å². The van der Waals surface area contributed by atoms with Gasteiger partial charge >= 0.3 is 0 Å². The molecule has 0 radical (unpaired) electrons. The Morgan fingerprint density at radius 3 is 2.62 bits per heavy atom. The molecule has 0 saturated heterocycles. The number of nitrogens with one attached hydrogen (secondary N) is 1. The molecule has 1 aromatic carbocycles. The molecular formula is C9H15ClN2O3S. The lowest BCUT2D eigenvalue weighted by Crippen LogP contribution is -2.13. The minimum atomic E-state index is -3.29. The summed E-state index contributed by atoms with van der Waals surface area (Å²) in [6.45, 7) is 0.0995. The summed E-state index contributed by atoms with van der Waals surface area (Å²) in [4.78, 5) is 0. The summed E-state index contributed by atoms with van der Waals surface area (Å²) in [7, 11) is -3.29. The normalized spacial score (nSPS) is 12.7. The van der Waals surface area contributed by atoms with Crippen molar-refractivity contribution in [2.75, 3.05) is 17.5 Å². The van der Waals surface area contributed by atoms with Crippen molar-refractivity contribution in [1.82, 2.24) is 0 Å². The fraction of sp³-hybridized carbons (Fsp3) is 0.333. The lowest BCUT2D eigenvalue weighted by atomic mass is 10.1. The second-order valence-corrected chi connectivity index (χ2v) is 5.00. The summed E-state index contributed by atoms with van der Waals surface area (Å²) in [5.41, 5.74) is 6.30. The quantitative estimate of drug-likeness (QED) is 0.739. The number of anilines is 1. The molecule has 0 unspecified atom stereocenters. The number of halogens is 1. The average molecular weight is 267 g/mol. The molecule has 0 aliphatic heterocycles. The zero-order valence-corrected chi connectivity index (χ0v) is 10.4. The van der Waals surface area contributed by atoms with Crippen molar-refractivity contribution in [3.8, 4) is 0 Å². The first-order valence-electron chi connectivity index (χ1n) is 4.38. The van der Waals surface area contributed by atoms with E-state index >= 15 is 0 Å². The molecule has 0 amide bonds. The zero-order chi connectivity index (χ0) is 11.5. The number of hydrogen-bond donors (Lipinski definition) is 3. The van der Waals surface area contributed by atoms with Gasteiger partial charge in [0.15, 0.2) is 0 Å². The van der Waals surface area contributed by atoms with Gasteiger partial charge < -0.3 is 10.8 Å². The predicted molar refractivity (Wildman–Crippen MR) is 66.2 cm³/mol. The molecule has 1 atom stereocenters. The summed E-state index contributed by atoms with van der Waals surface area (Å²) in [6, 6.07) is 6.50. The number of nitrogens with two attached hydrogens (primary N) is 1. The van der Waals surface area contributed by atoms with Crippen LogP contribution in [0.25, 0.3) is 0 Å². The molecule has 5 nitrogen and oxygen atoms in total. The molecule has 1 aromatic rings. The van der Waals surface area contributed by atoms with E-state index in [1.54, 1.807) is 24.3 Å². The van der Waals surface area contributed by atoms with Crippen LogP contribution in [-0.4, -0.2) is 26.3 Å². The maximum atomic E-state index is 11.0. The predicted octanol–water partition coefficient (Wildman–Crippen LogP) is 0.472. The molecular weight excluding hydrogens is 252 g/mol. The molecule has 0 fully saturated rings. The highest BCUT2D eigenvalue weighted by Crippen LogP contribution is 2.17. The van der Waals surface area contributed by atoms with Crippen LogP contribution in [0.1, 0.15) is 11.7 Å². The van der Waals surface area contributed by atoms with E-state index in [1.165, 1.54) is 0 Å². The lowest BCUT2D eigenvalue weighted by molar-refractivity contribution is 0.187. The smallest absolute Gasteiger partial charge is 0.229 e. The fourth-order valence-corrected chi connectivity index (χ4v) is 1.71. The van der Waals surface area contributed by atoms with Crippen LogP contribution in [0.15, 0.2) is 24.3 Å². The summed E-state index contributed by atoms with van der Waals surface area (Å²) < 4.78 is 24.2. The Kier molecular flexibility index (Phi) is 5.74. The molecule has 0 spiro atoms. The first kappa shape index (κ1) is 15.2. The second-order valence-electron chi connectivity index (χ2n) is 3.25.